The van der Waals surface area contributed by atoms with Crippen LogP contribution in [0, 0.1) is 0 Å². The highest BCUT2D eigenvalue weighted by atomic mass is 16.5. The lowest BCUT2D eigenvalue weighted by Crippen LogP contribution is -2.48. The highest BCUT2D eigenvalue weighted by Gasteiger charge is 2.23. The molecule has 0 spiro atoms. The number of nitrogens with two attached hydrogens (primary N) is 1. The summed E-state index contributed by atoms with van der Waals surface area (Å²) in [6.45, 7) is 2.00. The zero-order valence-electron chi connectivity index (χ0n) is 8.47. The molecule has 0 radical (unpaired) electrons. The number of aliphatic hydroxyl groups excluding tert-OH is 1. The standard InChI is InChI=1S/C10H15N3O2/c11-8-1-2-12-10(5-8)13-3-4-15-7-9(13)6-14/h1-2,5,9,14H,3-4,6-7H2,(H2,11,12). The molecule has 5 heteroatoms. The first kappa shape index (κ1) is 10.2. The summed E-state index contributed by atoms with van der Waals surface area (Å²) in [4.78, 5) is 6.27. The number of anilines is 2. The second kappa shape index (κ2) is 4.46. The number of hydrogen-bond donors (Lipinski definition) is 2. The van der Waals surface area contributed by atoms with Crippen LogP contribution in [-0.2, 0) is 4.74 Å². The average Bonchev–Trinajstić information content (AvgIpc) is 2.29. The van der Waals surface area contributed by atoms with E-state index in [1.165, 1.54) is 0 Å². The lowest BCUT2D eigenvalue weighted by Gasteiger charge is -2.35. The molecule has 1 aliphatic heterocycles. The zero-order chi connectivity index (χ0) is 10.7. The van der Waals surface area contributed by atoms with Gasteiger partial charge in [-0.15, -0.1) is 0 Å². The summed E-state index contributed by atoms with van der Waals surface area (Å²) >= 11 is 0. The highest BCUT2D eigenvalue weighted by Crippen LogP contribution is 2.18. The lowest BCUT2D eigenvalue weighted by molar-refractivity contribution is 0.0723. The maximum atomic E-state index is 9.21. The van der Waals surface area contributed by atoms with E-state index in [0.29, 0.717) is 18.9 Å². The molecule has 1 unspecified atom stereocenters. The smallest absolute Gasteiger partial charge is 0.131 e. The molecular formula is C10H15N3O2. The Morgan fingerprint density at radius 2 is 2.53 bits per heavy atom. The third-order valence-corrected chi connectivity index (χ3v) is 2.50. The van der Waals surface area contributed by atoms with Gasteiger partial charge >= 0.3 is 0 Å². The van der Waals surface area contributed by atoms with Gasteiger partial charge in [0.2, 0.25) is 0 Å². The van der Waals surface area contributed by atoms with Crippen molar-refractivity contribution in [2.75, 3.05) is 37.0 Å². The summed E-state index contributed by atoms with van der Waals surface area (Å²) in [6.07, 6.45) is 1.68. The molecular weight excluding hydrogens is 194 g/mol. The number of aromatic nitrogens is 1. The third-order valence-electron chi connectivity index (χ3n) is 2.50. The molecule has 2 rings (SSSR count). The SMILES string of the molecule is Nc1ccnc(N2CCOCC2CO)c1. The van der Waals surface area contributed by atoms with Crippen molar-refractivity contribution in [2.24, 2.45) is 0 Å². The number of hydrogen-bond acceptors (Lipinski definition) is 5. The molecule has 0 saturated carbocycles. The van der Waals surface area contributed by atoms with Gasteiger partial charge in [-0.25, -0.2) is 4.98 Å². The molecule has 1 aromatic heterocycles. The zero-order valence-corrected chi connectivity index (χ0v) is 8.47. The number of nitrogens with zero attached hydrogens (tertiary/aromatic N) is 2. The van der Waals surface area contributed by atoms with E-state index in [4.69, 9.17) is 10.5 Å². The van der Waals surface area contributed by atoms with Gasteiger partial charge in [0.1, 0.15) is 5.82 Å². The van der Waals surface area contributed by atoms with Gasteiger partial charge in [-0.2, -0.15) is 0 Å². The van der Waals surface area contributed by atoms with Gasteiger partial charge in [0.25, 0.3) is 0 Å². The molecule has 0 amide bonds. The van der Waals surface area contributed by atoms with Gasteiger partial charge < -0.3 is 20.5 Å². The van der Waals surface area contributed by atoms with Gasteiger partial charge in [0, 0.05) is 24.5 Å². The number of ether oxygens (including phenoxy) is 1. The Morgan fingerprint density at radius 3 is 3.27 bits per heavy atom. The van der Waals surface area contributed by atoms with E-state index in [2.05, 4.69) is 4.98 Å². The molecule has 0 bridgehead atoms. The van der Waals surface area contributed by atoms with Crippen LogP contribution in [0.25, 0.3) is 0 Å². The molecule has 0 aromatic carbocycles. The van der Waals surface area contributed by atoms with Crippen molar-refractivity contribution in [3.63, 3.8) is 0 Å². The topological polar surface area (TPSA) is 71.6 Å². The maximum Gasteiger partial charge on any atom is 0.131 e. The minimum absolute atomic E-state index is 0.0203. The quantitative estimate of drug-likeness (QED) is 0.709. The largest absolute Gasteiger partial charge is 0.399 e. The number of nitrogen functional groups attached to an aromatic ring is 1. The van der Waals surface area contributed by atoms with Gasteiger partial charge in [-0.3, -0.25) is 0 Å². The average molecular weight is 209 g/mol. The Morgan fingerprint density at radius 1 is 1.67 bits per heavy atom. The van der Waals surface area contributed by atoms with Crippen molar-refractivity contribution in [1.82, 2.24) is 4.98 Å². The van der Waals surface area contributed by atoms with Crippen LogP contribution >= 0.6 is 0 Å². The van der Waals surface area contributed by atoms with Crippen molar-refractivity contribution in [1.29, 1.82) is 0 Å². The number of pyridine rings is 1. The highest BCUT2D eigenvalue weighted by molar-refractivity contribution is 5.51. The van der Waals surface area contributed by atoms with Gasteiger partial charge in [0.15, 0.2) is 0 Å². The van der Waals surface area contributed by atoms with Crippen LogP contribution in [0.4, 0.5) is 11.5 Å². The van der Waals surface area contributed by atoms with Crippen molar-refractivity contribution < 1.29 is 9.84 Å². The molecule has 1 atom stereocenters. The van der Waals surface area contributed by atoms with Crippen LogP contribution in [0.5, 0.6) is 0 Å². The normalized spacial score (nSPS) is 21.7. The first-order valence-corrected chi connectivity index (χ1v) is 4.98. The van der Waals surface area contributed by atoms with E-state index in [1.807, 2.05) is 11.0 Å². The minimum Gasteiger partial charge on any atom is -0.399 e. The van der Waals surface area contributed by atoms with Crippen molar-refractivity contribution in [2.45, 2.75) is 6.04 Å². The van der Waals surface area contributed by atoms with E-state index in [9.17, 15) is 5.11 Å². The van der Waals surface area contributed by atoms with Crippen molar-refractivity contribution in [3.05, 3.63) is 18.3 Å². The monoisotopic (exact) mass is 209 g/mol. The predicted molar refractivity (Wildman–Crippen MR) is 57.7 cm³/mol. The Bertz CT molecular complexity index is 332. The van der Waals surface area contributed by atoms with E-state index >= 15 is 0 Å². The Labute approximate surface area is 88.5 Å². The van der Waals surface area contributed by atoms with E-state index in [1.54, 1.807) is 12.3 Å². The molecule has 1 fully saturated rings. The second-order valence-corrected chi connectivity index (χ2v) is 3.55. The molecule has 1 saturated heterocycles. The third kappa shape index (κ3) is 2.19. The number of morpholine rings is 1. The second-order valence-electron chi connectivity index (χ2n) is 3.55. The van der Waals surface area contributed by atoms with Crippen LogP contribution in [0.3, 0.4) is 0 Å². The summed E-state index contributed by atoms with van der Waals surface area (Å²) in [5, 5.41) is 9.21. The predicted octanol–water partition coefficient (Wildman–Crippen LogP) is -0.139. The first-order chi connectivity index (χ1) is 7.31. The summed E-state index contributed by atoms with van der Waals surface area (Å²) in [6, 6.07) is 3.54. The Balaban J connectivity index is 2.20. The summed E-state index contributed by atoms with van der Waals surface area (Å²) in [7, 11) is 0. The Kier molecular flexibility index (Phi) is 3.03. The van der Waals surface area contributed by atoms with Crippen LogP contribution < -0.4 is 10.6 Å². The molecule has 1 aromatic rings. The Hall–Kier alpha value is -1.33. The molecule has 15 heavy (non-hydrogen) atoms. The number of rotatable bonds is 2. The number of aliphatic hydroxyl groups is 1. The molecule has 5 nitrogen and oxygen atoms in total. The molecule has 1 aliphatic rings. The molecule has 2 heterocycles. The summed E-state index contributed by atoms with van der Waals surface area (Å²) in [5.41, 5.74) is 6.38. The minimum atomic E-state index is -0.0203. The van der Waals surface area contributed by atoms with Crippen LogP contribution in [0.15, 0.2) is 18.3 Å². The van der Waals surface area contributed by atoms with Gasteiger partial charge in [-0.1, -0.05) is 0 Å². The van der Waals surface area contributed by atoms with Crippen molar-refractivity contribution in [3.8, 4) is 0 Å². The fraction of sp³-hybridized carbons (Fsp3) is 0.500. The molecule has 3 N–H and O–H groups in total. The molecule has 82 valence electrons. The first-order valence-electron chi connectivity index (χ1n) is 4.98. The maximum absolute atomic E-state index is 9.21. The molecule has 0 aliphatic carbocycles. The van der Waals surface area contributed by atoms with Gasteiger partial charge in [-0.05, 0) is 6.07 Å². The summed E-state index contributed by atoms with van der Waals surface area (Å²) < 4.78 is 5.29. The summed E-state index contributed by atoms with van der Waals surface area (Å²) in [5.74, 6) is 0.803. The van der Waals surface area contributed by atoms with E-state index in [-0.39, 0.29) is 12.6 Å². The lowest BCUT2D eigenvalue weighted by atomic mass is 10.2. The van der Waals surface area contributed by atoms with Crippen molar-refractivity contribution >= 4 is 11.5 Å². The fourth-order valence-electron chi connectivity index (χ4n) is 1.70. The van der Waals surface area contributed by atoms with E-state index < -0.39 is 0 Å². The fourth-order valence-corrected chi connectivity index (χ4v) is 1.70. The van der Waals surface area contributed by atoms with Crippen LogP contribution in [0.1, 0.15) is 0 Å². The van der Waals surface area contributed by atoms with Gasteiger partial charge in [0.05, 0.1) is 25.9 Å². The van der Waals surface area contributed by atoms with Crippen LogP contribution in [0.2, 0.25) is 0 Å². The van der Waals surface area contributed by atoms with Crippen LogP contribution in [-0.4, -0.2) is 42.5 Å². The van der Waals surface area contributed by atoms with E-state index in [0.717, 1.165) is 12.4 Å².